The zero-order valence-electron chi connectivity index (χ0n) is 16.0. The topological polar surface area (TPSA) is 61.7 Å². The quantitative estimate of drug-likeness (QED) is 0.472. The van der Waals surface area contributed by atoms with Gasteiger partial charge < -0.3 is 20.1 Å². The summed E-state index contributed by atoms with van der Waals surface area (Å²) in [4.78, 5) is 18.6. The van der Waals surface area contributed by atoms with E-state index in [9.17, 15) is 4.79 Å². The maximum atomic E-state index is 12.4. The molecule has 0 spiro atoms. The third-order valence-electron chi connectivity index (χ3n) is 4.06. The van der Waals surface area contributed by atoms with Crippen molar-refractivity contribution in [2.24, 2.45) is 4.99 Å². The SMILES string of the molecule is CCNC(=NCCC(=O)N(C)Cc1ccccc1Br)NCCn1cccc1. The standard InChI is InChI=1S/C20H28BrN5O/c1-3-22-20(24-12-15-26-13-6-7-14-26)23-11-10-19(27)25(2)16-17-8-4-5-9-18(17)21/h4-9,13-14H,3,10-12,15-16H2,1-2H3,(H2,22,23,24). The Morgan fingerprint density at radius 3 is 2.63 bits per heavy atom. The summed E-state index contributed by atoms with van der Waals surface area (Å²) in [6, 6.07) is 12.0. The highest BCUT2D eigenvalue weighted by molar-refractivity contribution is 9.10. The van der Waals surface area contributed by atoms with Crippen molar-refractivity contribution in [2.75, 3.05) is 26.7 Å². The molecule has 0 saturated carbocycles. The van der Waals surface area contributed by atoms with Gasteiger partial charge >= 0.3 is 0 Å². The van der Waals surface area contributed by atoms with Crippen molar-refractivity contribution in [1.29, 1.82) is 0 Å². The van der Waals surface area contributed by atoms with Crippen LogP contribution in [0.3, 0.4) is 0 Å². The minimum Gasteiger partial charge on any atom is -0.357 e. The fourth-order valence-corrected chi connectivity index (χ4v) is 3.00. The Morgan fingerprint density at radius 1 is 1.19 bits per heavy atom. The third kappa shape index (κ3) is 7.46. The highest BCUT2D eigenvalue weighted by atomic mass is 79.9. The van der Waals surface area contributed by atoms with Crippen LogP contribution in [-0.2, 0) is 17.9 Å². The Morgan fingerprint density at radius 2 is 1.93 bits per heavy atom. The summed E-state index contributed by atoms with van der Waals surface area (Å²) >= 11 is 3.52. The minimum atomic E-state index is 0.0812. The molecule has 0 radical (unpaired) electrons. The van der Waals surface area contributed by atoms with Crippen LogP contribution in [0.5, 0.6) is 0 Å². The van der Waals surface area contributed by atoms with Crippen LogP contribution in [0, 0.1) is 0 Å². The lowest BCUT2D eigenvalue weighted by Crippen LogP contribution is -2.39. The van der Waals surface area contributed by atoms with E-state index in [4.69, 9.17) is 0 Å². The normalized spacial score (nSPS) is 11.3. The molecule has 7 heteroatoms. The summed E-state index contributed by atoms with van der Waals surface area (Å²) in [5.74, 6) is 0.823. The van der Waals surface area contributed by atoms with Crippen LogP contribution in [0.1, 0.15) is 18.9 Å². The molecule has 0 unspecified atom stereocenters. The summed E-state index contributed by atoms with van der Waals surface area (Å²) in [6.07, 6.45) is 4.45. The van der Waals surface area contributed by atoms with Crippen molar-refractivity contribution >= 4 is 27.8 Å². The summed E-state index contributed by atoms with van der Waals surface area (Å²) in [5.41, 5.74) is 1.09. The summed E-state index contributed by atoms with van der Waals surface area (Å²) in [6.45, 7) is 5.49. The fourth-order valence-electron chi connectivity index (χ4n) is 2.59. The number of nitrogens with zero attached hydrogens (tertiary/aromatic N) is 3. The minimum absolute atomic E-state index is 0.0812. The number of carbonyl (C=O) groups is 1. The predicted molar refractivity (Wildman–Crippen MR) is 114 cm³/mol. The molecule has 1 aromatic heterocycles. The molecule has 27 heavy (non-hydrogen) atoms. The van der Waals surface area contributed by atoms with Crippen molar-refractivity contribution in [1.82, 2.24) is 20.1 Å². The van der Waals surface area contributed by atoms with Crippen molar-refractivity contribution in [3.8, 4) is 0 Å². The molecular formula is C20H28BrN5O. The van der Waals surface area contributed by atoms with Crippen LogP contribution in [0.15, 0.2) is 58.3 Å². The number of hydrogen-bond acceptors (Lipinski definition) is 2. The number of hydrogen-bond donors (Lipinski definition) is 2. The van der Waals surface area contributed by atoms with E-state index < -0.39 is 0 Å². The Bertz CT molecular complexity index is 730. The van der Waals surface area contributed by atoms with Gasteiger partial charge in [0, 0.05) is 56.5 Å². The van der Waals surface area contributed by atoms with Crippen LogP contribution in [-0.4, -0.2) is 48.0 Å². The largest absolute Gasteiger partial charge is 0.357 e. The van der Waals surface area contributed by atoms with Gasteiger partial charge in [0.2, 0.25) is 5.91 Å². The van der Waals surface area contributed by atoms with Crippen molar-refractivity contribution in [3.05, 3.63) is 58.8 Å². The molecule has 0 fully saturated rings. The average molecular weight is 434 g/mol. The molecule has 0 aliphatic rings. The smallest absolute Gasteiger partial charge is 0.224 e. The van der Waals surface area contributed by atoms with Crippen LogP contribution in [0.25, 0.3) is 0 Å². The van der Waals surface area contributed by atoms with Gasteiger partial charge in [-0.2, -0.15) is 0 Å². The Hall–Kier alpha value is -2.28. The molecule has 0 aliphatic heterocycles. The molecule has 0 aliphatic carbocycles. The van der Waals surface area contributed by atoms with E-state index in [-0.39, 0.29) is 5.91 Å². The number of rotatable bonds is 9. The summed E-state index contributed by atoms with van der Waals surface area (Å²) in [5, 5.41) is 6.51. The lowest BCUT2D eigenvalue weighted by atomic mass is 10.2. The second kappa shape index (κ2) is 11.4. The molecular weight excluding hydrogens is 406 g/mol. The molecule has 2 aromatic rings. The van der Waals surface area contributed by atoms with Gasteiger partial charge in [0.1, 0.15) is 0 Å². The van der Waals surface area contributed by atoms with Gasteiger partial charge in [0.25, 0.3) is 0 Å². The molecule has 1 amide bonds. The van der Waals surface area contributed by atoms with E-state index in [1.165, 1.54) is 0 Å². The number of benzene rings is 1. The molecule has 146 valence electrons. The average Bonchev–Trinajstić information content (AvgIpc) is 3.17. The first-order valence-corrected chi connectivity index (χ1v) is 9.99. The first-order chi connectivity index (χ1) is 13.1. The van der Waals surface area contributed by atoms with Crippen LogP contribution in [0.2, 0.25) is 0 Å². The highest BCUT2D eigenvalue weighted by Gasteiger charge is 2.10. The molecule has 0 saturated heterocycles. The van der Waals surface area contributed by atoms with E-state index in [1.54, 1.807) is 4.90 Å². The molecule has 2 rings (SSSR count). The Balaban J connectivity index is 1.77. The zero-order chi connectivity index (χ0) is 19.5. The third-order valence-corrected chi connectivity index (χ3v) is 4.83. The lowest BCUT2D eigenvalue weighted by Gasteiger charge is -2.18. The highest BCUT2D eigenvalue weighted by Crippen LogP contribution is 2.17. The van der Waals surface area contributed by atoms with Gasteiger partial charge in [0.05, 0.1) is 6.54 Å². The number of guanidine groups is 1. The van der Waals surface area contributed by atoms with E-state index in [0.29, 0.717) is 19.5 Å². The number of aliphatic imine (C=N–C) groups is 1. The Kier molecular flexibility index (Phi) is 8.91. The number of carbonyl (C=O) groups excluding carboxylic acids is 1. The molecule has 1 heterocycles. The number of nitrogens with one attached hydrogen (secondary N) is 2. The molecule has 1 aromatic carbocycles. The molecule has 0 bridgehead atoms. The maximum Gasteiger partial charge on any atom is 0.224 e. The number of aromatic nitrogens is 1. The van der Waals surface area contributed by atoms with Gasteiger partial charge in [0.15, 0.2) is 5.96 Å². The molecule has 0 atom stereocenters. The van der Waals surface area contributed by atoms with Gasteiger partial charge in [-0.25, -0.2) is 0 Å². The molecule has 6 nitrogen and oxygen atoms in total. The van der Waals surface area contributed by atoms with E-state index >= 15 is 0 Å². The number of halogens is 1. The van der Waals surface area contributed by atoms with Gasteiger partial charge in [-0.15, -0.1) is 0 Å². The van der Waals surface area contributed by atoms with Crippen LogP contribution < -0.4 is 10.6 Å². The van der Waals surface area contributed by atoms with Gasteiger partial charge in [-0.05, 0) is 30.7 Å². The second-order valence-electron chi connectivity index (χ2n) is 6.20. The van der Waals surface area contributed by atoms with Crippen LogP contribution >= 0.6 is 15.9 Å². The fraction of sp³-hybridized carbons (Fsp3) is 0.400. The number of amides is 1. The summed E-state index contributed by atoms with van der Waals surface area (Å²) in [7, 11) is 1.83. The van der Waals surface area contributed by atoms with Crippen molar-refractivity contribution in [3.63, 3.8) is 0 Å². The zero-order valence-corrected chi connectivity index (χ0v) is 17.6. The first kappa shape index (κ1) is 21.0. The lowest BCUT2D eigenvalue weighted by molar-refractivity contribution is -0.130. The second-order valence-corrected chi connectivity index (χ2v) is 7.05. The van der Waals surface area contributed by atoms with E-state index in [0.717, 1.165) is 35.6 Å². The first-order valence-electron chi connectivity index (χ1n) is 9.20. The van der Waals surface area contributed by atoms with Gasteiger partial charge in [-0.3, -0.25) is 9.79 Å². The van der Waals surface area contributed by atoms with Gasteiger partial charge in [-0.1, -0.05) is 34.1 Å². The predicted octanol–water partition coefficient (Wildman–Crippen LogP) is 2.85. The van der Waals surface area contributed by atoms with E-state index in [1.807, 2.05) is 62.8 Å². The molecule has 2 N–H and O–H groups in total. The van der Waals surface area contributed by atoms with E-state index in [2.05, 4.69) is 36.1 Å². The monoisotopic (exact) mass is 433 g/mol. The van der Waals surface area contributed by atoms with Crippen molar-refractivity contribution < 1.29 is 4.79 Å². The summed E-state index contributed by atoms with van der Waals surface area (Å²) < 4.78 is 3.13. The van der Waals surface area contributed by atoms with Crippen molar-refractivity contribution in [2.45, 2.75) is 26.4 Å². The van der Waals surface area contributed by atoms with Crippen LogP contribution in [0.4, 0.5) is 0 Å². The Labute approximate surface area is 169 Å². The maximum absolute atomic E-state index is 12.4.